The number of fused-ring (bicyclic) bond motifs is 2. The van der Waals surface area contributed by atoms with Crippen molar-refractivity contribution in [2.45, 2.75) is 0 Å². The lowest BCUT2D eigenvalue weighted by atomic mass is 9.81. The summed E-state index contributed by atoms with van der Waals surface area (Å²) in [5.74, 6) is -6.09. The molecule has 4 unspecified atom stereocenters. The molecule has 4 aliphatic carbocycles. The van der Waals surface area contributed by atoms with Gasteiger partial charge in [0.15, 0.2) is 0 Å². The minimum atomic E-state index is -1.13. The molecule has 0 saturated heterocycles. The van der Waals surface area contributed by atoms with E-state index >= 15 is 0 Å². The van der Waals surface area contributed by atoms with E-state index in [1.54, 1.807) is 78.9 Å². The molecule has 19 heteroatoms. The van der Waals surface area contributed by atoms with Crippen molar-refractivity contribution in [3.63, 3.8) is 0 Å². The summed E-state index contributed by atoms with van der Waals surface area (Å²) in [6, 6.07) is 29.8. The number of allylic oxidation sites excluding steroid dienone is 9. The molecule has 12 N–H and O–H groups in total. The molecule has 0 aliphatic heterocycles. The highest BCUT2D eigenvalue weighted by molar-refractivity contribution is 5.94. The van der Waals surface area contributed by atoms with Gasteiger partial charge in [-0.1, -0.05) is 91.1 Å². The van der Waals surface area contributed by atoms with Crippen LogP contribution in [0.5, 0.6) is 23.0 Å². The summed E-state index contributed by atoms with van der Waals surface area (Å²) in [4.78, 5) is 73.6. The molecule has 0 saturated carbocycles. The van der Waals surface area contributed by atoms with Crippen molar-refractivity contribution in [2.24, 2.45) is 23.7 Å². The molecule has 0 radical (unpaired) electrons. The van der Waals surface area contributed by atoms with Crippen LogP contribution in [0.15, 0.2) is 217 Å². The number of carboxylic acid groups (broad SMARTS) is 7. The first-order valence-electron chi connectivity index (χ1n) is 22.2. The highest BCUT2D eigenvalue weighted by Crippen LogP contribution is 2.31. The van der Waals surface area contributed by atoms with Crippen LogP contribution in [0.2, 0.25) is 0 Å². The molecule has 4 aliphatic rings. The van der Waals surface area contributed by atoms with Gasteiger partial charge >= 0.3 is 41.8 Å². The second-order valence-corrected chi connectivity index (χ2v) is 16.1. The minimum absolute atomic E-state index is 0.0186. The Labute approximate surface area is 432 Å². The number of aromatic carboxylic acids is 4. The predicted octanol–water partition coefficient (Wildman–Crippen LogP) is 9.22. The Morgan fingerprint density at radius 3 is 0.829 bits per heavy atom. The monoisotopic (exact) mass is 1040 g/mol. The number of hydrogen-bond acceptors (Lipinski definition) is 12. The van der Waals surface area contributed by atoms with E-state index in [0.29, 0.717) is 5.57 Å². The third-order valence-electron chi connectivity index (χ3n) is 10.7. The summed E-state index contributed by atoms with van der Waals surface area (Å²) >= 11 is 0. The maximum atomic E-state index is 10.7. The van der Waals surface area contributed by atoms with E-state index in [9.17, 15) is 38.7 Å². The van der Waals surface area contributed by atoms with Gasteiger partial charge in [-0.25, -0.2) is 33.6 Å². The van der Waals surface area contributed by atoms with Crippen LogP contribution in [0.1, 0.15) is 41.4 Å². The molecule has 0 fully saturated rings. The third-order valence-corrected chi connectivity index (χ3v) is 10.7. The third kappa shape index (κ3) is 18.5. The zero-order valence-corrected chi connectivity index (χ0v) is 39.5. The normalized spacial score (nSPS) is 16.7. The Morgan fingerprint density at radius 2 is 0.553 bits per heavy atom. The number of phenolic OH excluding ortho intramolecular Hbond substituents is 4. The number of hydrogen-bond donors (Lipinski definition) is 12. The molecule has 9 rings (SSSR count). The van der Waals surface area contributed by atoms with E-state index in [-0.39, 0.29) is 85.8 Å². The van der Waals surface area contributed by atoms with E-state index in [1.165, 1.54) is 78.9 Å². The van der Waals surface area contributed by atoms with E-state index in [0.717, 1.165) is 17.2 Å². The fraction of sp³-hybridized carbons (Fsp3) is 0.0702. The van der Waals surface area contributed by atoms with Crippen LogP contribution in [-0.4, -0.2) is 103 Å². The number of aliphatic hydroxyl groups excluding tert-OH is 1. The molecule has 0 amide bonds. The second kappa shape index (κ2) is 27.8. The zero-order valence-electron chi connectivity index (χ0n) is 39.5. The summed E-state index contributed by atoms with van der Waals surface area (Å²) in [7, 11) is 0. The molecule has 0 heterocycles. The van der Waals surface area contributed by atoms with Crippen molar-refractivity contribution in [3.05, 3.63) is 239 Å². The summed E-state index contributed by atoms with van der Waals surface area (Å²) < 4.78 is 0. The maximum Gasteiger partial charge on any atom is 0.335 e. The largest absolute Gasteiger partial charge is 0.508 e. The highest BCUT2D eigenvalue weighted by Gasteiger charge is 2.24. The van der Waals surface area contributed by atoms with E-state index in [2.05, 4.69) is 0 Å². The quantitative estimate of drug-likeness (QED) is 0.0644. The maximum absolute atomic E-state index is 10.7. The van der Waals surface area contributed by atoms with Gasteiger partial charge in [-0.2, -0.15) is 0 Å². The summed E-state index contributed by atoms with van der Waals surface area (Å²) in [6.07, 6.45) is 19.9. The SMILES string of the molecule is O=C(O)C1=CC2C=CC(C(=O)O)=CC2C=C1.O=C(O)C1=CC2C=CC(O)=CC2C=C1.O=C(O)c1ccc(C(=O)O)cc1.O=C(O)c1cccc(C(=O)O)c1.Oc1ccc(-c2ccc(O)cc2)cc1.Oc1ccc(O)cc1. The molecule has 4 atom stereocenters. The van der Waals surface area contributed by atoms with Gasteiger partial charge in [0.2, 0.25) is 0 Å². The summed E-state index contributed by atoms with van der Waals surface area (Å²) in [5.41, 5.74) is 2.97. The number of aromatic hydroxyl groups is 4. The van der Waals surface area contributed by atoms with Crippen LogP contribution in [-0.2, 0) is 14.4 Å². The first kappa shape index (κ1) is 57.9. The van der Waals surface area contributed by atoms with E-state index < -0.39 is 41.8 Å². The van der Waals surface area contributed by atoms with Gasteiger partial charge < -0.3 is 61.3 Å². The number of aliphatic carboxylic acids is 3. The predicted molar refractivity (Wildman–Crippen MR) is 274 cm³/mol. The molecule has 76 heavy (non-hydrogen) atoms. The Hall–Kier alpha value is -10.7. The molecular formula is C57H48O19. The minimum Gasteiger partial charge on any atom is -0.508 e. The molecule has 5 aromatic rings. The van der Waals surface area contributed by atoms with Crippen LogP contribution in [0.3, 0.4) is 0 Å². The standard InChI is InChI=1S/C12H10O4.C12H10O2.C11H10O3.2C8H6O4.C6H6O2/c13-11(14)9-3-1-7-5-10(12(15)16)4-2-8(7)6-9;13-11-5-1-9(2-6-11)10-3-7-12(14)8-4-10;12-10-4-3-7-5-9(11(13)14)2-1-8(7)6-10;9-7(10)5-1-2-6(4-3-5)8(11)12;9-7(10)5-2-1-3-6(4-5)8(11)12;7-5-1-2-6(8)4-3-5/h1-8H,(H,13,14)(H,15,16);1-8,13-14H;1-8,12H,(H,13,14);2*1-4H,(H,9,10)(H,11,12);1-4,7-8H. The molecule has 5 aromatic carbocycles. The van der Waals surface area contributed by atoms with Crippen molar-refractivity contribution in [2.75, 3.05) is 0 Å². The number of aliphatic hydroxyl groups is 1. The number of carbonyl (C=O) groups is 7. The van der Waals surface area contributed by atoms with Crippen molar-refractivity contribution in [1.82, 2.24) is 0 Å². The van der Waals surface area contributed by atoms with Gasteiger partial charge in [0.1, 0.15) is 28.8 Å². The van der Waals surface area contributed by atoms with Crippen molar-refractivity contribution < 1.29 is 94.8 Å². The molecule has 19 nitrogen and oxygen atoms in total. The van der Waals surface area contributed by atoms with Gasteiger partial charge in [-0.05, 0) is 114 Å². The fourth-order valence-electron chi connectivity index (χ4n) is 6.80. The van der Waals surface area contributed by atoms with Crippen molar-refractivity contribution in [1.29, 1.82) is 0 Å². The highest BCUT2D eigenvalue weighted by atomic mass is 16.4. The van der Waals surface area contributed by atoms with Crippen LogP contribution < -0.4 is 0 Å². The molecular weight excluding hydrogens is 989 g/mol. The van der Waals surface area contributed by atoms with Gasteiger partial charge in [0.25, 0.3) is 0 Å². The lowest BCUT2D eigenvalue weighted by Crippen LogP contribution is -2.17. The number of benzene rings is 5. The summed E-state index contributed by atoms with van der Waals surface area (Å²) in [6.45, 7) is 0. The average Bonchev–Trinajstić information content (AvgIpc) is 3.40. The topological polar surface area (TPSA) is 362 Å². The van der Waals surface area contributed by atoms with E-state index in [1.807, 2.05) is 30.3 Å². The van der Waals surface area contributed by atoms with Crippen LogP contribution in [0.25, 0.3) is 11.1 Å². The van der Waals surface area contributed by atoms with Crippen LogP contribution >= 0.6 is 0 Å². The number of carboxylic acids is 7. The van der Waals surface area contributed by atoms with Crippen LogP contribution in [0, 0.1) is 23.7 Å². The Morgan fingerprint density at radius 1 is 0.289 bits per heavy atom. The van der Waals surface area contributed by atoms with E-state index in [4.69, 9.17) is 56.2 Å². The first-order valence-corrected chi connectivity index (χ1v) is 22.2. The molecule has 390 valence electrons. The Balaban J connectivity index is 0.000000199. The Kier molecular flexibility index (Phi) is 21.2. The molecule has 0 spiro atoms. The van der Waals surface area contributed by atoms with Crippen LogP contribution in [0.4, 0.5) is 0 Å². The zero-order chi connectivity index (χ0) is 56.1. The van der Waals surface area contributed by atoms with Gasteiger partial charge in [-0.3, -0.25) is 0 Å². The lowest BCUT2D eigenvalue weighted by Gasteiger charge is -2.23. The first-order chi connectivity index (χ1) is 36.0. The lowest BCUT2D eigenvalue weighted by molar-refractivity contribution is -0.133. The molecule has 0 bridgehead atoms. The average molecular weight is 1040 g/mol. The van der Waals surface area contributed by atoms with Gasteiger partial charge in [-0.15, -0.1) is 0 Å². The molecule has 0 aromatic heterocycles. The van der Waals surface area contributed by atoms with Crippen molar-refractivity contribution >= 4 is 41.8 Å². The number of rotatable bonds is 8. The number of phenols is 4. The van der Waals surface area contributed by atoms with Gasteiger partial charge in [0, 0.05) is 23.7 Å². The smallest absolute Gasteiger partial charge is 0.335 e. The van der Waals surface area contributed by atoms with Gasteiger partial charge in [0.05, 0.1) is 39.0 Å². The Bertz CT molecular complexity index is 3000. The second-order valence-electron chi connectivity index (χ2n) is 16.1. The van der Waals surface area contributed by atoms with Crippen molar-refractivity contribution in [3.8, 4) is 34.1 Å². The fourth-order valence-corrected chi connectivity index (χ4v) is 6.80. The summed E-state index contributed by atoms with van der Waals surface area (Å²) in [5, 5.41) is 105.